The normalized spacial score (nSPS) is 17.0. The molecule has 1 saturated heterocycles. The standard InChI is InChI=1S/C20H27N3O/c1-2-20(16-24,18-8-4-3-5-9-18)22-15-17-10-11-19(21-14-17)23-12-6-7-13-23/h3-5,8-11,14,22,24H,2,6-7,12-13,15-16H2,1H3/t20-/m1/s1. The minimum atomic E-state index is -0.408. The molecule has 0 spiro atoms. The summed E-state index contributed by atoms with van der Waals surface area (Å²) >= 11 is 0. The molecule has 1 aliphatic rings. The van der Waals surface area contributed by atoms with E-state index in [1.54, 1.807) is 0 Å². The van der Waals surface area contributed by atoms with Gasteiger partial charge in [-0.2, -0.15) is 0 Å². The molecule has 1 aromatic heterocycles. The van der Waals surface area contributed by atoms with Gasteiger partial charge in [-0.25, -0.2) is 4.98 Å². The van der Waals surface area contributed by atoms with E-state index in [1.165, 1.54) is 12.8 Å². The fourth-order valence-electron chi connectivity index (χ4n) is 3.37. The highest BCUT2D eigenvalue weighted by Gasteiger charge is 2.28. The first-order valence-electron chi connectivity index (χ1n) is 8.89. The fraction of sp³-hybridized carbons (Fsp3) is 0.450. The van der Waals surface area contributed by atoms with E-state index in [4.69, 9.17) is 0 Å². The van der Waals surface area contributed by atoms with Gasteiger partial charge in [0.15, 0.2) is 0 Å². The third kappa shape index (κ3) is 3.60. The Labute approximate surface area is 144 Å². The van der Waals surface area contributed by atoms with Gasteiger partial charge in [-0.15, -0.1) is 0 Å². The summed E-state index contributed by atoms with van der Waals surface area (Å²) in [5, 5.41) is 13.6. The van der Waals surface area contributed by atoms with Crippen LogP contribution in [0.2, 0.25) is 0 Å². The molecule has 0 amide bonds. The number of hydrogen-bond acceptors (Lipinski definition) is 4. The van der Waals surface area contributed by atoms with E-state index in [9.17, 15) is 5.11 Å². The molecule has 1 atom stereocenters. The molecule has 1 fully saturated rings. The van der Waals surface area contributed by atoms with Gasteiger partial charge in [0.05, 0.1) is 12.1 Å². The summed E-state index contributed by atoms with van der Waals surface area (Å²) in [6.45, 7) is 5.10. The molecule has 24 heavy (non-hydrogen) atoms. The van der Waals surface area contributed by atoms with Crippen LogP contribution in [0.25, 0.3) is 0 Å². The zero-order valence-electron chi connectivity index (χ0n) is 14.4. The number of benzene rings is 1. The smallest absolute Gasteiger partial charge is 0.128 e. The summed E-state index contributed by atoms with van der Waals surface area (Å²) in [6.07, 6.45) is 5.30. The van der Waals surface area contributed by atoms with Crippen LogP contribution in [0.5, 0.6) is 0 Å². The van der Waals surface area contributed by atoms with Crippen molar-refractivity contribution >= 4 is 5.82 Å². The van der Waals surface area contributed by atoms with Crippen molar-refractivity contribution in [2.45, 2.75) is 38.3 Å². The van der Waals surface area contributed by atoms with E-state index in [1.807, 2.05) is 24.4 Å². The van der Waals surface area contributed by atoms with Crippen molar-refractivity contribution in [3.8, 4) is 0 Å². The maximum absolute atomic E-state index is 10.0. The molecule has 2 N–H and O–H groups in total. The third-order valence-electron chi connectivity index (χ3n) is 5.07. The highest BCUT2D eigenvalue weighted by molar-refractivity contribution is 5.40. The van der Waals surface area contributed by atoms with E-state index < -0.39 is 5.54 Å². The third-order valence-corrected chi connectivity index (χ3v) is 5.07. The zero-order chi connectivity index (χ0) is 16.8. The van der Waals surface area contributed by atoms with Crippen molar-refractivity contribution in [3.05, 3.63) is 59.8 Å². The van der Waals surface area contributed by atoms with Gasteiger partial charge in [-0.1, -0.05) is 43.3 Å². The predicted octanol–water partition coefficient (Wildman–Crippen LogP) is 3.07. The molecule has 128 valence electrons. The molecule has 0 radical (unpaired) electrons. The van der Waals surface area contributed by atoms with Crippen LogP contribution in [0.4, 0.5) is 5.82 Å². The van der Waals surface area contributed by atoms with Gasteiger partial charge in [0, 0.05) is 25.8 Å². The van der Waals surface area contributed by atoms with Crippen molar-refractivity contribution in [1.82, 2.24) is 10.3 Å². The van der Waals surface area contributed by atoms with Crippen LogP contribution >= 0.6 is 0 Å². The second-order valence-electron chi connectivity index (χ2n) is 6.53. The molecule has 0 saturated carbocycles. The Morgan fingerprint density at radius 2 is 1.88 bits per heavy atom. The summed E-state index contributed by atoms with van der Waals surface area (Å²) in [5.41, 5.74) is 1.85. The largest absolute Gasteiger partial charge is 0.394 e. The minimum absolute atomic E-state index is 0.0762. The van der Waals surface area contributed by atoms with Gasteiger partial charge in [-0.05, 0) is 36.5 Å². The van der Waals surface area contributed by atoms with Crippen LogP contribution in [0, 0.1) is 0 Å². The minimum Gasteiger partial charge on any atom is -0.394 e. The maximum atomic E-state index is 10.0. The van der Waals surface area contributed by atoms with Gasteiger partial charge in [0.2, 0.25) is 0 Å². The second-order valence-corrected chi connectivity index (χ2v) is 6.53. The Morgan fingerprint density at radius 1 is 1.12 bits per heavy atom. The highest BCUT2D eigenvalue weighted by atomic mass is 16.3. The quantitative estimate of drug-likeness (QED) is 0.821. The van der Waals surface area contributed by atoms with Gasteiger partial charge < -0.3 is 15.3 Å². The Hall–Kier alpha value is -1.91. The Bertz CT molecular complexity index is 617. The van der Waals surface area contributed by atoms with Crippen molar-refractivity contribution in [1.29, 1.82) is 0 Å². The number of anilines is 1. The molecule has 0 aliphatic carbocycles. The first kappa shape index (κ1) is 16.9. The van der Waals surface area contributed by atoms with Crippen LogP contribution in [-0.2, 0) is 12.1 Å². The zero-order valence-corrected chi connectivity index (χ0v) is 14.4. The molecule has 2 heterocycles. The predicted molar refractivity (Wildman–Crippen MR) is 98.0 cm³/mol. The summed E-state index contributed by atoms with van der Waals surface area (Å²) < 4.78 is 0. The SMILES string of the molecule is CC[C@](CO)(NCc1ccc(N2CCCC2)nc1)c1ccccc1. The molecule has 3 rings (SSSR count). The highest BCUT2D eigenvalue weighted by Crippen LogP contribution is 2.25. The van der Waals surface area contributed by atoms with Crippen LogP contribution < -0.4 is 10.2 Å². The number of rotatable bonds is 7. The molecular formula is C20H27N3O. The van der Waals surface area contributed by atoms with E-state index in [-0.39, 0.29) is 6.61 Å². The monoisotopic (exact) mass is 325 g/mol. The molecule has 1 aliphatic heterocycles. The summed E-state index contributed by atoms with van der Waals surface area (Å²) in [4.78, 5) is 6.95. The van der Waals surface area contributed by atoms with E-state index in [2.05, 4.69) is 46.4 Å². The van der Waals surface area contributed by atoms with Gasteiger partial charge in [0.1, 0.15) is 5.82 Å². The van der Waals surface area contributed by atoms with Crippen LogP contribution in [0.15, 0.2) is 48.7 Å². The lowest BCUT2D eigenvalue weighted by molar-refractivity contribution is 0.154. The van der Waals surface area contributed by atoms with Crippen LogP contribution in [0.3, 0.4) is 0 Å². The molecular weight excluding hydrogens is 298 g/mol. The number of hydrogen-bond donors (Lipinski definition) is 2. The average Bonchev–Trinajstić information content (AvgIpc) is 3.19. The lowest BCUT2D eigenvalue weighted by Gasteiger charge is -2.33. The maximum Gasteiger partial charge on any atom is 0.128 e. The summed E-state index contributed by atoms with van der Waals surface area (Å²) in [7, 11) is 0. The first-order valence-corrected chi connectivity index (χ1v) is 8.89. The number of nitrogens with one attached hydrogen (secondary N) is 1. The van der Waals surface area contributed by atoms with Gasteiger partial charge >= 0.3 is 0 Å². The van der Waals surface area contributed by atoms with Crippen molar-refractivity contribution in [2.24, 2.45) is 0 Å². The van der Waals surface area contributed by atoms with Crippen LogP contribution in [0.1, 0.15) is 37.3 Å². The fourth-order valence-corrected chi connectivity index (χ4v) is 3.37. The van der Waals surface area contributed by atoms with Crippen LogP contribution in [-0.4, -0.2) is 29.8 Å². The van der Waals surface area contributed by atoms with E-state index >= 15 is 0 Å². The Balaban J connectivity index is 1.68. The molecule has 4 nitrogen and oxygen atoms in total. The molecule has 2 aromatic rings. The molecule has 0 bridgehead atoms. The Morgan fingerprint density at radius 3 is 2.46 bits per heavy atom. The number of nitrogens with zero attached hydrogens (tertiary/aromatic N) is 2. The lowest BCUT2D eigenvalue weighted by Crippen LogP contribution is -2.44. The van der Waals surface area contributed by atoms with Crippen molar-refractivity contribution in [3.63, 3.8) is 0 Å². The van der Waals surface area contributed by atoms with E-state index in [0.717, 1.165) is 36.5 Å². The number of pyridine rings is 1. The summed E-state index contributed by atoms with van der Waals surface area (Å²) in [5.74, 6) is 1.07. The first-order chi connectivity index (χ1) is 11.8. The molecule has 1 aromatic carbocycles. The van der Waals surface area contributed by atoms with Gasteiger partial charge in [0.25, 0.3) is 0 Å². The van der Waals surface area contributed by atoms with E-state index in [0.29, 0.717) is 6.54 Å². The second kappa shape index (κ2) is 7.77. The molecule has 0 unspecified atom stereocenters. The molecule has 4 heteroatoms. The van der Waals surface area contributed by atoms with Gasteiger partial charge in [-0.3, -0.25) is 0 Å². The average molecular weight is 325 g/mol. The number of aliphatic hydroxyl groups is 1. The lowest BCUT2D eigenvalue weighted by atomic mass is 9.88. The number of aliphatic hydroxyl groups excluding tert-OH is 1. The van der Waals surface area contributed by atoms with Crippen molar-refractivity contribution < 1.29 is 5.11 Å². The Kier molecular flexibility index (Phi) is 5.48. The topological polar surface area (TPSA) is 48.4 Å². The summed E-state index contributed by atoms with van der Waals surface area (Å²) in [6, 6.07) is 14.4. The van der Waals surface area contributed by atoms with Crippen molar-refractivity contribution in [2.75, 3.05) is 24.6 Å². The number of aromatic nitrogens is 1.